The largest absolute Gasteiger partial charge is 0.446 e. The summed E-state index contributed by atoms with van der Waals surface area (Å²) in [5.74, 6) is 0. The third kappa shape index (κ3) is 4.97. The molecule has 0 bridgehead atoms. The number of carbonyl (C=O) groups excluding carboxylic acids is 3. The lowest BCUT2D eigenvalue weighted by Gasteiger charge is -2.36. The molecule has 1 atom stereocenters. The van der Waals surface area contributed by atoms with Gasteiger partial charge in [-0.05, 0) is 40.2 Å². The second-order valence-electron chi connectivity index (χ2n) is 5.97. The molecule has 2 amide bonds. The van der Waals surface area contributed by atoms with E-state index in [1.165, 1.54) is 6.92 Å². The topological polar surface area (TPSA) is 84.9 Å². The first-order chi connectivity index (χ1) is 11.2. The van der Waals surface area contributed by atoms with Gasteiger partial charge in [0.1, 0.15) is 5.54 Å². The molecule has 132 valence electrons. The van der Waals surface area contributed by atoms with Crippen molar-refractivity contribution in [2.75, 3.05) is 0 Å². The summed E-state index contributed by atoms with van der Waals surface area (Å²) >= 11 is 0. The molecular formula is C17H24N2O5. The van der Waals surface area contributed by atoms with Crippen LogP contribution in [0.2, 0.25) is 0 Å². The van der Waals surface area contributed by atoms with Gasteiger partial charge in [0, 0.05) is 0 Å². The number of nitrogens with zero attached hydrogens (tertiary/aromatic N) is 1. The van der Waals surface area contributed by atoms with Gasteiger partial charge in [0.15, 0.2) is 6.29 Å². The fourth-order valence-electron chi connectivity index (χ4n) is 1.96. The minimum Gasteiger partial charge on any atom is -0.446 e. The van der Waals surface area contributed by atoms with Crippen LogP contribution in [0.4, 0.5) is 9.59 Å². The Hall–Kier alpha value is -2.57. The van der Waals surface area contributed by atoms with E-state index in [-0.39, 0.29) is 6.10 Å². The van der Waals surface area contributed by atoms with Gasteiger partial charge in [-0.15, -0.1) is 0 Å². The second-order valence-corrected chi connectivity index (χ2v) is 5.97. The summed E-state index contributed by atoms with van der Waals surface area (Å²) in [6.07, 6.45) is -1.94. The molecule has 0 aliphatic heterocycles. The molecule has 0 unspecified atom stereocenters. The summed E-state index contributed by atoms with van der Waals surface area (Å²) in [4.78, 5) is 36.2. The summed E-state index contributed by atoms with van der Waals surface area (Å²) in [6.45, 7) is 8.19. The van der Waals surface area contributed by atoms with Crippen molar-refractivity contribution in [3.8, 4) is 0 Å². The highest BCUT2D eigenvalue weighted by Crippen LogP contribution is 2.26. The molecule has 0 fully saturated rings. The molecule has 1 aromatic carbocycles. The van der Waals surface area contributed by atoms with Crippen LogP contribution in [0.25, 0.3) is 0 Å². The predicted molar refractivity (Wildman–Crippen MR) is 88.1 cm³/mol. The van der Waals surface area contributed by atoms with Crippen molar-refractivity contribution in [3.05, 3.63) is 35.9 Å². The molecule has 0 saturated heterocycles. The number of rotatable bonds is 5. The summed E-state index contributed by atoms with van der Waals surface area (Å²) < 4.78 is 10.1. The maximum absolute atomic E-state index is 12.4. The third-order valence-corrected chi connectivity index (χ3v) is 3.12. The monoisotopic (exact) mass is 336 g/mol. The highest BCUT2D eigenvalue weighted by Gasteiger charge is 2.40. The number of amides is 2. The molecule has 0 aliphatic carbocycles. The average molecular weight is 336 g/mol. The highest BCUT2D eigenvalue weighted by molar-refractivity contribution is 5.80. The van der Waals surface area contributed by atoms with Crippen molar-refractivity contribution in [3.63, 3.8) is 0 Å². The lowest BCUT2D eigenvalue weighted by molar-refractivity contribution is -0.119. The first-order valence-corrected chi connectivity index (χ1v) is 7.70. The molecular weight excluding hydrogens is 312 g/mol. The van der Waals surface area contributed by atoms with Gasteiger partial charge >= 0.3 is 12.2 Å². The van der Waals surface area contributed by atoms with Gasteiger partial charge in [0.05, 0.1) is 12.2 Å². The zero-order valence-electron chi connectivity index (χ0n) is 14.6. The minimum atomic E-state index is -1.46. The number of nitrogens with one attached hydrogen (secondary N) is 1. The zero-order chi connectivity index (χ0) is 18.3. The molecule has 1 aromatic rings. The molecule has 0 heterocycles. The predicted octanol–water partition coefficient (Wildman–Crippen LogP) is 3.00. The van der Waals surface area contributed by atoms with E-state index in [0.29, 0.717) is 11.8 Å². The molecule has 1 rings (SSSR count). The van der Waals surface area contributed by atoms with Crippen LogP contribution in [0.15, 0.2) is 30.3 Å². The van der Waals surface area contributed by atoms with Crippen molar-refractivity contribution in [1.82, 2.24) is 10.4 Å². The van der Waals surface area contributed by atoms with Crippen LogP contribution >= 0.6 is 0 Å². The highest BCUT2D eigenvalue weighted by atomic mass is 16.6. The molecule has 7 heteroatoms. The Morgan fingerprint density at radius 3 is 2.08 bits per heavy atom. The lowest BCUT2D eigenvalue weighted by atomic mass is 9.93. The summed E-state index contributed by atoms with van der Waals surface area (Å²) in [7, 11) is 0. The Morgan fingerprint density at radius 1 is 1.08 bits per heavy atom. The lowest BCUT2D eigenvalue weighted by Crippen LogP contribution is -2.58. The summed E-state index contributed by atoms with van der Waals surface area (Å²) in [5, 5.41) is 0.847. The molecule has 0 spiro atoms. The fourth-order valence-corrected chi connectivity index (χ4v) is 1.96. The average Bonchev–Trinajstić information content (AvgIpc) is 2.51. The SMILES string of the molecule is CC(C)OC(=O)NN(C(=O)OC(C)C)[C@@](C)(C=O)c1ccccc1. The minimum absolute atomic E-state index is 0.382. The summed E-state index contributed by atoms with van der Waals surface area (Å²) in [5.41, 5.74) is 1.37. The van der Waals surface area contributed by atoms with E-state index in [1.807, 2.05) is 0 Å². The Bertz CT molecular complexity index is 574. The molecule has 24 heavy (non-hydrogen) atoms. The van der Waals surface area contributed by atoms with E-state index >= 15 is 0 Å². The van der Waals surface area contributed by atoms with Crippen LogP contribution in [-0.2, 0) is 19.8 Å². The Balaban J connectivity index is 3.20. The first-order valence-electron chi connectivity index (χ1n) is 7.70. The van der Waals surface area contributed by atoms with Crippen molar-refractivity contribution in [1.29, 1.82) is 0 Å². The van der Waals surface area contributed by atoms with Gasteiger partial charge in [-0.1, -0.05) is 30.3 Å². The smallest absolute Gasteiger partial charge is 0.430 e. The van der Waals surface area contributed by atoms with E-state index in [1.54, 1.807) is 58.0 Å². The van der Waals surface area contributed by atoms with Gasteiger partial charge in [-0.25, -0.2) is 15.0 Å². The van der Waals surface area contributed by atoms with Crippen molar-refractivity contribution >= 4 is 18.5 Å². The molecule has 0 saturated carbocycles. The Morgan fingerprint density at radius 2 is 1.62 bits per heavy atom. The van der Waals surface area contributed by atoms with Crippen LogP contribution in [0, 0.1) is 0 Å². The van der Waals surface area contributed by atoms with Crippen LogP contribution in [0.5, 0.6) is 0 Å². The molecule has 7 nitrogen and oxygen atoms in total. The van der Waals surface area contributed by atoms with Gasteiger partial charge in [-0.3, -0.25) is 0 Å². The van der Waals surface area contributed by atoms with Crippen LogP contribution in [0.3, 0.4) is 0 Å². The number of aldehydes is 1. The van der Waals surface area contributed by atoms with E-state index in [9.17, 15) is 14.4 Å². The number of ether oxygens (including phenoxy) is 2. The Labute approximate surface area is 141 Å². The Kier molecular flexibility index (Phi) is 6.76. The second kappa shape index (κ2) is 8.33. The van der Waals surface area contributed by atoms with E-state index < -0.39 is 23.8 Å². The number of hydrogen-bond acceptors (Lipinski definition) is 5. The standard InChI is InChI=1S/C17H24N2O5/c1-12(2)23-15(21)18-19(16(22)24-13(3)4)17(5,11-20)14-9-7-6-8-10-14/h6-13H,1-5H3,(H,18,21)/t17-/m0/s1. The fraction of sp³-hybridized carbons (Fsp3) is 0.471. The number of benzene rings is 1. The van der Waals surface area contributed by atoms with Crippen LogP contribution in [0.1, 0.15) is 40.2 Å². The maximum atomic E-state index is 12.4. The normalized spacial score (nSPS) is 13.1. The van der Waals surface area contributed by atoms with E-state index in [0.717, 1.165) is 5.01 Å². The zero-order valence-corrected chi connectivity index (χ0v) is 14.6. The first kappa shape index (κ1) is 19.5. The molecule has 1 N–H and O–H groups in total. The molecule has 0 aromatic heterocycles. The van der Waals surface area contributed by atoms with Crippen LogP contribution in [-0.4, -0.2) is 35.7 Å². The van der Waals surface area contributed by atoms with Gasteiger partial charge in [-0.2, -0.15) is 5.01 Å². The van der Waals surface area contributed by atoms with Gasteiger partial charge < -0.3 is 14.3 Å². The number of hydrazine groups is 1. The number of hydrogen-bond donors (Lipinski definition) is 1. The van der Waals surface area contributed by atoms with Crippen molar-refractivity contribution in [2.45, 2.75) is 52.4 Å². The van der Waals surface area contributed by atoms with Crippen molar-refractivity contribution in [2.24, 2.45) is 0 Å². The summed E-state index contributed by atoms with van der Waals surface area (Å²) in [6, 6.07) is 8.61. The molecule has 0 aliphatic rings. The quantitative estimate of drug-likeness (QED) is 0.660. The third-order valence-electron chi connectivity index (χ3n) is 3.12. The maximum Gasteiger partial charge on any atom is 0.430 e. The van der Waals surface area contributed by atoms with Gasteiger partial charge in [0.2, 0.25) is 0 Å². The van der Waals surface area contributed by atoms with E-state index in [4.69, 9.17) is 9.47 Å². The van der Waals surface area contributed by atoms with Gasteiger partial charge in [0.25, 0.3) is 0 Å². The van der Waals surface area contributed by atoms with Crippen molar-refractivity contribution < 1.29 is 23.9 Å². The number of carbonyl (C=O) groups is 3. The van der Waals surface area contributed by atoms with Crippen LogP contribution < -0.4 is 5.43 Å². The molecule has 0 radical (unpaired) electrons. The van der Waals surface area contributed by atoms with E-state index in [2.05, 4.69) is 5.43 Å².